The monoisotopic (exact) mass is 473 g/mol. The molecular formula is C21H13Cl2N3O4S. The van der Waals surface area contributed by atoms with Gasteiger partial charge in [-0.1, -0.05) is 41.4 Å². The molecule has 1 aliphatic heterocycles. The number of thioether (sulfide) groups is 1. The topological polar surface area (TPSA) is 97.7 Å². The van der Waals surface area contributed by atoms with E-state index < -0.39 is 4.92 Å². The van der Waals surface area contributed by atoms with Crippen LogP contribution in [-0.2, 0) is 4.79 Å². The van der Waals surface area contributed by atoms with Gasteiger partial charge in [0.15, 0.2) is 5.17 Å². The van der Waals surface area contributed by atoms with E-state index >= 15 is 0 Å². The molecule has 3 aromatic rings. The summed E-state index contributed by atoms with van der Waals surface area (Å²) in [6, 6.07) is 13.3. The van der Waals surface area contributed by atoms with E-state index in [1.54, 1.807) is 55.5 Å². The molecule has 10 heteroatoms. The maximum absolute atomic E-state index is 12.3. The number of nitro benzene ring substituents is 1. The number of aliphatic imine (C=N–C) groups is 1. The Kier molecular flexibility index (Phi) is 5.86. The molecule has 7 nitrogen and oxygen atoms in total. The molecule has 156 valence electrons. The lowest BCUT2D eigenvalue weighted by atomic mass is 10.1. The first kappa shape index (κ1) is 21.2. The smallest absolute Gasteiger partial charge is 0.273 e. The van der Waals surface area contributed by atoms with Crippen LogP contribution in [0.3, 0.4) is 0 Å². The van der Waals surface area contributed by atoms with E-state index in [0.29, 0.717) is 48.5 Å². The highest BCUT2D eigenvalue weighted by atomic mass is 35.5. The number of benzene rings is 2. The summed E-state index contributed by atoms with van der Waals surface area (Å²) < 4.78 is 5.77. The molecule has 1 saturated heterocycles. The van der Waals surface area contributed by atoms with Crippen molar-refractivity contribution in [3.63, 3.8) is 0 Å². The van der Waals surface area contributed by atoms with Crippen LogP contribution in [0, 0.1) is 17.0 Å². The standard InChI is InChI=1S/C21H13Cl2N3O4S/c1-11-5-6-12(9-16(11)26(28)29)17-8-7-13(30-17)10-18-20(27)25-21(31-18)24-15-4-2-3-14(22)19(15)23/h2-10H,1H3,(H,24,25,27)/b18-10+. The molecule has 0 unspecified atom stereocenters. The Morgan fingerprint density at radius 2 is 2.00 bits per heavy atom. The lowest BCUT2D eigenvalue weighted by Crippen LogP contribution is -2.19. The van der Waals surface area contributed by atoms with Crippen molar-refractivity contribution in [3.05, 3.63) is 84.9 Å². The van der Waals surface area contributed by atoms with Crippen LogP contribution in [0.25, 0.3) is 17.4 Å². The Labute approximate surface area is 190 Å². The van der Waals surface area contributed by atoms with Gasteiger partial charge >= 0.3 is 0 Å². The molecule has 0 saturated carbocycles. The Morgan fingerprint density at radius 1 is 1.19 bits per heavy atom. The lowest BCUT2D eigenvalue weighted by molar-refractivity contribution is -0.385. The number of hydrogen-bond acceptors (Lipinski definition) is 6. The number of carbonyl (C=O) groups excluding carboxylic acids is 1. The van der Waals surface area contributed by atoms with E-state index in [0.717, 1.165) is 11.8 Å². The highest BCUT2D eigenvalue weighted by Gasteiger charge is 2.25. The summed E-state index contributed by atoms with van der Waals surface area (Å²) in [7, 11) is 0. The minimum atomic E-state index is -0.433. The lowest BCUT2D eigenvalue weighted by Gasteiger charge is -2.00. The molecule has 2 aromatic carbocycles. The van der Waals surface area contributed by atoms with Crippen molar-refractivity contribution >= 4 is 63.5 Å². The van der Waals surface area contributed by atoms with Crippen LogP contribution in [0.2, 0.25) is 10.0 Å². The summed E-state index contributed by atoms with van der Waals surface area (Å²) in [6.07, 6.45) is 1.58. The third-order valence-electron chi connectivity index (χ3n) is 4.39. The van der Waals surface area contributed by atoms with Crippen LogP contribution in [0.5, 0.6) is 0 Å². The van der Waals surface area contributed by atoms with Gasteiger partial charge in [-0.3, -0.25) is 14.9 Å². The first-order chi connectivity index (χ1) is 14.8. The zero-order valence-corrected chi connectivity index (χ0v) is 18.2. The van der Waals surface area contributed by atoms with Gasteiger partial charge in [0.05, 0.1) is 25.6 Å². The maximum Gasteiger partial charge on any atom is 0.273 e. The molecule has 1 aliphatic rings. The van der Waals surface area contributed by atoms with Gasteiger partial charge in [-0.25, -0.2) is 4.99 Å². The minimum absolute atomic E-state index is 0.0139. The van der Waals surface area contributed by atoms with Crippen LogP contribution in [0.15, 0.2) is 62.8 Å². The van der Waals surface area contributed by atoms with Crippen LogP contribution in [0.1, 0.15) is 11.3 Å². The number of aryl methyl sites for hydroxylation is 1. The van der Waals surface area contributed by atoms with Crippen LogP contribution in [0.4, 0.5) is 11.4 Å². The number of furan rings is 1. The average molecular weight is 474 g/mol. The highest BCUT2D eigenvalue weighted by molar-refractivity contribution is 8.18. The zero-order valence-electron chi connectivity index (χ0n) is 15.9. The molecule has 4 rings (SSSR count). The van der Waals surface area contributed by atoms with Crippen molar-refractivity contribution in [3.8, 4) is 11.3 Å². The van der Waals surface area contributed by atoms with Crippen molar-refractivity contribution in [2.75, 3.05) is 0 Å². The van der Waals surface area contributed by atoms with Crippen molar-refractivity contribution in [1.82, 2.24) is 5.32 Å². The number of amidine groups is 1. The van der Waals surface area contributed by atoms with Crippen molar-refractivity contribution in [1.29, 1.82) is 0 Å². The van der Waals surface area contributed by atoms with E-state index in [9.17, 15) is 14.9 Å². The Morgan fingerprint density at radius 3 is 2.77 bits per heavy atom. The number of nitro groups is 1. The second kappa shape index (κ2) is 8.58. The predicted octanol–water partition coefficient (Wildman–Crippen LogP) is 6.36. The number of rotatable bonds is 4. The zero-order chi connectivity index (χ0) is 22.1. The van der Waals surface area contributed by atoms with E-state index in [-0.39, 0.29) is 11.6 Å². The summed E-state index contributed by atoms with van der Waals surface area (Å²) in [5.41, 5.74) is 1.59. The second-order valence-corrected chi connectivity index (χ2v) is 8.33. The summed E-state index contributed by atoms with van der Waals surface area (Å²) in [6.45, 7) is 1.67. The molecule has 0 radical (unpaired) electrons. The molecule has 0 aliphatic carbocycles. The fraction of sp³-hybridized carbons (Fsp3) is 0.0476. The highest BCUT2D eigenvalue weighted by Crippen LogP contribution is 2.35. The quantitative estimate of drug-likeness (QED) is 0.270. The van der Waals surface area contributed by atoms with Gasteiger partial charge in [0, 0.05) is 23.3 Å². The number of hydrogen-bond donors (Lipinski definition) is 1. The van der Waals surface area contributed by atoms with Crippen LogP contribution in [-0.4, -0.2) is 16.0 Å². The number of nitrogens with one attached hydrogen (secondary N) is 1. The molecule has 1 amide bonds. The van der Waals surface area contributed by atoms with Gasteiger partial charge in [-0.2, -0.15) is 0 Å². The molecule has 1 aromatic heterocycles. The van der Waals surface area contributed by atoms with Crippen LogP contribution >= 0.6 is 35.0 Å². The Bertz CT molecular complexity index is 1280. The van der Waals surface area contributed by atoms with E-state index in [1.165, 1.54) is 6.07 Å². The maximum atomic E-state index is 12.3. The third kappa shape index (κ3) is 4.51. The van der Waals surface area contributed by atoms with E-state index in [4.69, 9.17) is 27.6 Å². The molecule has 0 spiro atoms. The van der Waals surface area contributed by atoms with E-state index in [2.05, 4.69) is 10.3 Å². The largest absolute Gasteiger partial charge is 0.457 e. The minimum Gasteiger partial charge on any atom is -0.457 e. The number of carbonyl (C=O) groups is 1. The fourth-order valence-corrected chi connectivity index (χ4v) is 4.00. The van der Waals surface area contributed by atoms with Gasteiger partial charge in [-0.15, -0.1) is 0 Å². The molecule has 2 heterocycles. The average Bonchev–Trinajstić information content (AvgIpc) is 3.32. The number of halogens is 2. The Balaban J connectivity index is 1.58. The van der Waals surface area contributed by atoms with Gasteiger partial charge in [0.1, 0.15) is 11.5 Å². The summed E-state index contributed by atoms with van der Waals surface area (Å²) >= 11 is 13.3. The SMILES string of the molecule is Cc1ccc(-c2ccc(/C=C3/SC(=Nc4cccc(Cl)c4Cl)NC3=O)o2)cc1[N+](=O)[O-]. The molecule has 1 fully saturated rings. The number of nitrogens with zero attached hydrogens (tertiary/aromatic N) is 2. The molecule has 0 atom stereocenters. The van der Waals surface area contributed by atoms with Gasteiger partial charge in [-0.05, 0) is 43.0 Å². The van der Waals surface area contributed by atoms with Gasteiger partial charge in [0.25, 0.3) is 11.6 Å². The molecule has 0 bridgehead atoms. The number of amides is 1. The normalized spacial score (nSPS) is 16.2. The van der Waals surface area contributed by atoms with Gasteiger partial charge < -0.3 is 9.73 Å². The molecule has 1 N–H and O–H groups in total. The van der Waals surface area contributed by atoms with E-state index in [1.807, 2.05) is 0 Å². The summed E-state index contributed by atoms with van der Waals surface area (Å²) in [5, 5.41) is 14.9. The first-order valence-electron chi connectivity index (χ1n) is 8.90. The van der Waals surface area contributed by atoms with Crippen LogP contribution < -0.4 is 5.32 Å². The predicted molar refractivity (Wildman–Crippen MR) is 123 cm³/mol. The van der Waals surface area contributed by atoms with Crippen molar-refractivity contribution in [2.24, 2.45) is 4.99 Å². The first-order valence-corrected chi connectivity index (χ1v) is 10.5. The Hall–Kier alpha value is -3.07. The summed E-state index contributed by atoms with van der Waals surface area (Å²) in [4.78, 5) is 27.8. The fourth-order valence-electron chi connectivity index (χ4n) is 2.84. The summed E-state index contributed by atoms with van der Waals surface area (Å²) in [5.74, 6) is 0.557. The molecule has 31 heavy (non-hydrogen) atoms. The second-order valence-electron chi connectivity index (χ2n) is 6.52. The molecular weight excluding hydrogens is 461 g/mol. The van der Waals surface area contributed by atoms with Crippen molar-refractivity contribution in [2.45, 2.75) is 6.92 Å². The van der Waals surface area contributed by atoms with Crippen molar-refractivity contribution < 1.29 is 14.1 Å². The van der Waals surface area contributed by atoms with Gasteiger partial charge in [0.2, 0.25) is 0 Å². The third-order valence-corrected chi connectivity index (χ3v) is 6.11.